The van der Waals surface area contributed by atoms with Crippen LogP contribution < -0.4 is 9.64 Å². The number of methoxy groups -OCH3 is 1. The molecule has 1 aliphatic heterocycles. The minimum Gasteiger partial charge on any atom is -0.502 e. The van der Waals surface area contributed by atoms with Gasteiger partial charge < -0.3 is 9.84 Å². The molecule has 0 fully saturated rings. The van der Waals surface area contributed by atoms with Gasteiger partial charge in [0.1, 0.15) is 5.75 Å². The quantitative estimate of drug-likeness (QED) is 0.871. The predicted molar refractivity (Wildman–Crippen MR) is 95.7 cm³/mol. The first kappa shape index (κ1) is 16.8. The Balaban J connectivity index is 2.13. The van der Waals surface area contributed by atoms with E-state index in [0.717, 1.165) is 21.6 Å². The lowest BCUT2D eigenvalue weighted by Gasteiger charge is -2.18. The number of rotatable bonds is 3. The van der Waals surface area contributed by atoms with Gasteiger partial charge in [-0.15, -0.1) is 0 Å². The van der Waals surface area contributed by atoms with Crippen molar-refractivity contribution < 1.29 is 19.4 Å². The van der Waals surface area contributed by atoms with E-state index in [0.29, 0.717) is 17.0 Å². The van der Waals surface area contributed by atoms with Crippen LogP contribution >= 0.6 is 0 Å². The molecule has 0 aliphatic carbocycles. The van der Waals surface area contributed by atoms with E-state index < -0.39 is 17.6 Å². The van der Waals surface area contributed by atoms with Gasteiger partial charge in [0, 0.05) is 0 Å². The lowest BCUT2D eigenvalue weighted by molar-refractivity contribution is -0.121. The highest BCUT2D eigenvalue weighted by atomic mass is 16.5. The van der Waals surface area contributed by atoms with Gasteiger partial charge in [-0.05, 0) is 49.6 Å². The molecule has 0 aromatic heterocycles. The normalized spacial score (nSPS) is 14.5. The molecule has 0 radical (unpaired) electrons. The molecule has 25 heavy (non-hydrogen) atoms. The fourth-order valence-electron chi connectivity index (χ4n) is 3.05. The second-order valence-corrected chi connectivity index (χ2v) is 6.16. The molecular formula is C20H19NO4. The maximum Gasteiger partial charge on any atom is 0.301 e. The average Bonchev–Trinajstić information content (AvgIpc) is 2.78. The molecule has 2 amide bonds. The minimum absolute atomic E-state index is 0.0195. The minimum atomic E-state index is -0.746. The number of hydrogen-bond donors (Lipinski definition) is 1. The van der Waals surface area contributed by atoms with Gasteiger partial charge in [0.05, 0.1) is 18.4 Å². The van der Waals surface area contributed by atoms with Gasteiger partial charge in [-0.3, -0.25) is 9.59 Å². The zero-order valence-corrected chi connectivity index (χ0v) is 14.6. The third-order valence-corrected chi connectivity index (χ3v) is 4.29. The molecule has 0 saturated carbocycles. The van der Waals surface area contributed by atoms with Crippen LogP contribution in [-0.4, -0.2) is 24.0 Å². The number of aliphatic hydroxyl groups is 1. The molecule has 5 nitrogen and oxygen atoms in total. The zero-order chi connectivity index (χ0) is 18.3. The van der Waals surface area contributed by atoms with Crippen LogP contribution in [0.5, 0.6) is 5.75 Å². The van der Waals surface area contributed by atoms with E-state index in [1.54, 1.807) is 18.2 Å². The molecular weight excluding hydrogens is 318 g/mol. The summed E-state index contributed by atoms with van der Waals surface area (Å²) in [7, 11) is 1.47. The van der Waals surface area contributed by atoms with Gasteiger partial charge in [0.15, 0.2) is 5.76 Å². The summed E-state index contributed by atoms with van der Waals surface area (Å²) < 4.78 is 5.28. The number of aliphatic hydroxyl groups excluding tert-OH is 1. The highest BCUT2D eigenvalue weighted by Crippen LogP contribution is 2.38. The molecule has 0 unspecified atom stereocenters. The highest BCUT2D eigenvalue weighted by Gasteiger charge is 2.41. The second-order valence-electron chi connectivity index (χ2n) is 6.16. The number of carbonyl (C=O) groups is 2. The Kier molecular flexibility index (Phi) is 4.08. The van der Waals surface area contributed by atoms with Crippen LogP contribution in [0.15, 0.2) is 42.2 Å². The smallest absolute Gasteiger partial charge is 0.301 e. The summed E-state index contributed by atoms with van der Waals surface area (Å²) in [6.45, 7) is 5.64. The molecule has 2 aromatic rings. The van der Waals surface area contributed by atoms with Gasteiger partial charge in [-0.1, -0.05) is 29.8 Å². The summed E-state index contributed by atoms with van der Waals surface area (Å²) in [6, 6.07) is 10.7. The van der Waals surface area contributed by atoms with E-state index in [1.807, 2.05) is 39.0 Å². The monoisotopic (exact) mass is 337 g/mol. The van der Waals surface area contributed by atoms with Crippen LogP contribution in [0.25, 0.3) is 5.57 Å². The summed E-state index contributed by atoms with van der Waals surface area (Å²) in [4.78, 5) is 26.5. The van der Waals surface area contributed by atoms with Crippen molar-refractivity contribution in [3.8, 4) is 5.75 Å². The van der Waals surface area contributed by atoms with Gasteiger partial charge in [0.2, 0.25) is 0 Å². The summed E-state index contributed by atoms with van der Waals surface area (Å²) in [5.74, 6) is -1.45. The number of anilines is 1. The molecule has 0 saturated heterocycles. The van der Waals surface area contributed by atoms with Crippen molar-refractivity contribution in [2.75, 3.05) is 12.0 Å². The lowest BCUT2D eigenvalue weighted by Crippen LogP contribution is -2.32. The topological polar surface area (TPSA) is 66.8 Å². The first-order chi connectivity index (χ1) is 11.8. The number of carbonyl (C=O) groups excluding carboxylic acids is 2. The third-order valence-electron chi connectivity index (χ3n) is 4.29. The van der Waals surface area contributed by atoms with Crippen LogP contribution in [-0.2, 0) is 9.59 Å². The number of benzene rings is 2. The summed E-state index contributed by atoms with van der Waals surface area (Å²) in [5.41, 5.74) is 3.62. The first-order valence-corrected chi connectivity index (χ1v) is 7.89. The van der Waals surface area contributed by atoms with Crippen molar-refractivity contribution in [2.24, 2.45) is 0 Å². The van der Waals surface area contributed by atoms with Crippen LogP contribution in [0.3, 0.4) is 0 Å². The van der Waals surface area contributed by atoms with Crippen LogP contribution in [0.2, 0.25) is 0 Å². The Hall–Kier alpha value is -3.08. The van der Waals surface area contributed by atoms with E-state index in [9.17, 15) is 14.7 Å². The van der Waals surface area contributed by atoms with Gasteiger partial charge >= 0.3 is 5.91 Å². The molecule has 0 bridgehead atoms. The Bertz CT molecular complexity index is 927. The van der Waals surface area contributed by atoms with Crippen molar-refractivity contribution in [2.45, 2.75) is 20.8 Å². The molecule has 1 heterocycles. The van der Waals surface area contributed by atoms with Gasteiger partial charge in [-0.2, -0.15) is 0 Å². The molecule has 2 aromatic carbocycles. The van der Waals surface area contributed by atoms with Crippen molar-refractivity contribution in [1.82, 2.24) is 0 Å². The Morgan fingerprint density at radius 1 is 0.920 bits per heavy atom. The number of hydrogen-bond acceptors (Lipinski definition) is 4. The molecule has 1 N–H and O–H groups in total. The van der Waals surface area contributed by atoms with Crippen LogP contribution in [0.4, 0.5) is 5.69 Å². The van der Waals surface area contributed by atoms with Crippen molar-refractivity contribution in [3.05, 3.63) is 64.4 Å². The molecule has 128 valence electrons. The number of amides is 2. The number of imide groups is 1. The van der Waals surface area contributed by atoms with Gasteiger partial charge in [0.25, 0.3) is 5.91 Å². The zero-order valence-electron chi connectivity index (χ0n) is 14.6. The van der Waals surface area contributed by atoms with E-state index in [1.165, 1.54) is 7.11 Å². The van der Waals surface area contributed by atoms with E-state index in [2.05, 4.69) is 0 Å². The molecule has 1 aliphatic rings. The summed E-state index contributed by atoms with van der Waals surface area (Å²) in [5, 5.41) is 10.4. The molecule has 0 atom stereocenters. The Morgan fingerprint density at radius 2 is 1.56 bits per heavy atom. The van der Waals surface area contributed by atoms with Crippen molar-refractivity contribution in [1.29, 1.82) is 0 Å². The Morgan fingerprint density at radius 3 is 2.20 bits per heavy atom. The SMILES string of the molecule is COc1ccc(C)cc1N1C(=O)C(O)=C(c2ccc(C)cc2C)C1=O. The standard InChI is InChI=1S/C20H19NO4/c1-11-5-7-14(13(3)9-11)17-18(22)20(24)21(19(17)23)15-10-12(2)6-8-16(15)25-4/h5-10,22H,1-4H3. The first-order valence-electron chi connectivity index (χ1n) is 7.89. The number of aryl methyl sites for hydroxylation is 3. The van der Waals surface area contributed by atoms with E-state index in [4.69, 9.17) is 4.74 Å². The number of nitrogens with zero attached hydrogens (tertiary/aromatic N) is 1. The third kappa shape index (κ3) is 2.67. The maximum atomic E-state index is 13.0. The largest absolute Gasteiger partial charge is 0.502 e. The average molecular weight is 337 g/mol. The van der Waals surface area contributed by atoms with Crippen molar-refractivity contribution in [3.63, 3.8) is 0 Å². The number of ether oxygens (including phenoxy) is 1. The summed E-state index contributed by atoms with van der Waals surface area (Å²) in [6.07, 6.45) is 0. The van der Waals surface area contributed by atoms with E-state index in [-0.39, 0.29) is 5.57 Å². The fourth-order valence-corrected chi connectivity index (χ4v) is 3.05. The maximum absolute atomic E-state index is 13.0. The summed E-state index contributed by atoms with van der Waals surface area (Å²) >= 11 is 0. The molecule has 5 heteroatoms. The molecule has 3 rings (SSSR count). The highest BCUT2D eigenvalue weighted by molar-refractivity contribution is 6.45. The van der Waals surface area contributed by atoms with Crippen molar-refractivity contribution >= 4 is 23.1 Å². The lowest BCUT2D eigenvalue weighted by atomic mass is 9.98. The molecule has 0 spiro atoms. The predicted octanol–water partition coefficient (Wildman–Crippen LogP) is 3.46. The van der Waals surface area contributed by atoms with Crippen LogP contribution in [0.1, 0.15) is 22.3 Å². The second kappa shape index (κ2) is 6.09. The van der Waals surface area contributed by atoms with E-state index >= 15 is 0 Å². The fraction of sp³-hybridized carbons (Fsp3) is 0.200. The van der Waals surface area contributed by atoms with Gasteiger partial charge in [-0.25, -0.2) is 4.90 Å². The Labute approximate surface area is 146 Å². The van der Waals surface area contributed by atoms with Crippen LogP contribution in [0, 0.1) is 20.8 Å².